The van der Waals surface area contributed by atoms with Gasteiger partial charge in [-0.15, -0.1) is 5.54 Å². The summed E-state index contributed by atoms with van der Waals surface area (Å²) in [6.07, 6.45) is 6.44. The van der Waals surface area contributed by atoms with Crippen LogP contribution >= 0.6 is 11.8 Å². The summed E-state index contributed by atoms with van der Waals surface area (Å²) in [5.41, 5.74) is 5.93. The predicted molar refractivity (Wildman–Crippen MR) is 231 cm³/mol. The number of benzene rings is 2. The first kappa shape index (κ1) is 42.1. The fourth-order valence-electron chi connectivity index (χ4n) is 9.49. The maximum atomic E-state index is 16.3. The van der Waals surface area contributed by atoms with Crippen molar-refractivity contribution in [3.8, 4) is 29.0 Å². The second kappa shape index (κ2) is 16.5. The number of halogens is 1. The molecule has 3 fully saturated rings. The van der Waals surface area contributed by atoms with E-state index in [-0.39, 0.29) is 31.0 Å². The molecule has 2 bridgehead atoms. The normalized spacial score (nSPS) is 18.7. The lowest BCUT2D eigenvalue weighted by Crippen LogP contribution is -2.57. The molecule has 0 N–H and O–H groups in total. The van der Waals surface area contributed by atoms with Gasteiger partial charge >= 0.3 is 12.1 Å². The van der Waals surface area contributed by atoms with Gasteiger partial charge < -0.3 is 23.8 Å². The highest BCUT2D eigenvalue weighted by atomic mass is 32.2. The highest BCUT2D eigenvalue weighted by molar-refractivity contribution is 7.98. The predicted octanol–water partition coefficient (Wildman–Crippen LogP) is 10.5. The number of ether oxygens (including phenoxy) is 4. The number of carbonyl (C=O) groups is 1. The van der Waals surface area contributed by atoms with Crippen LogP contribution in [0.25, 0.3) is 21.9 Å². The second-order valence-corrected chi connectivity index (χ2v) is 24.3. The van der Waals surface area contributed by atoms with Gasteiger partial charge in [0.15, 0.2) is 23.4 Å². The van der Waals surface area contributed by atoms with Gasteiger partial charge in [-0.25, -0.2) is 19.2 Å². The van der Waals surface area contributed by atoms with Crippen LogP contribution in [0.15, 0.2) is 29.4 Å². The van der Waals surface area contributed by atoms with Crippen molar-refractivity contribution in [2.24, 2.45) is 0 Å². The van der Waals surface area contributed by atoms with Gasteiger partial charge in [-0.2, -0.15) is 4.98 Å². The first-order valence-electron chi connectivity index (χ1n) is 20.7. The van der Waals surface area contributed by atoms with Crippen molar-refractivity contribution in [2.45, 2.75) is 140 Å². The minimum absolute atomic E-state index is 0.00773. The molecule has 58 heavy (non-hydrogen) atoms. The number of carbonyl (C=O) groups excluding carboxylic acids is 1. The Hall–Kier alpha value is -4.06. The number of amides is 1. The minimum atomic E-state index is -2.22. The van der Waals surface area contributed by atoms with Crippen LogP contribution in [0.4, 0.5) is 15.0 Å². The molecule has 4 aromatic rings. The monoisotopic (exact) mass is 830 g/mol. The second-order valence-electron chi connectivity index (χ2n) is 18.0. The topological polar surface area (TPSA) is 104 Å². The van der Waals surface area contributed by atoms with E-state index >= 15 is 4.39 Å². The van der Waals surface area contributed by atoms with Crippen molar-refractivity contribution in [1.29, 1.82) is 0 Å². The van der Waals surface area contributed by atoms with Crippen LogP contribution in [0, 0.1) is 17.3 Å². The average molecular weight is 831 g/mol. The van der Waals surface area contributed by atoms with E-state index in [2.05, 4.69) is 62.5 Å². The Morgan fingerprint density at radius 2 is 1.64 bits per heavy atom. The Morgan fingerprint density at radius 1 is 0.966 bits per heavy atom. The van der Waals surface area contributed by atoms with E-state index in [1.54, 1.807) is 19.2 Å². The summed E-state index contributed by atoms with van der Waals surface area (Å²) in [4.78, 5) is 32.8. The molecule has 312 valence electrons. The zero-order valence-electron chi connectivity index (χ0n) is 35.9. The third-order valence-electron chi connectivity index (χ3n) is 12.3. The number of methoxy groups -OCH3 is 1. The summed E-state index contributed by atoms with van der Waals surface area (Å²) in [6.45, 7) is 20.5. The van der Waals surface area contributed by atoms with Gasteiger partial charge in [-0.3, -0.25) is 9.47 Å². The Bertz CT molecular complexity index is 2210. The molecule has 0 radical (unpaired) electrons. The largest absolute Gasteiger partial charge is 0.467 e. The quantitative estimate of drug-likeness (QED) is 0.0477. The molecule has 2 aromatic carbocycles. The maximum Gasteiger partial charge on any atom is 0.410 e. The van der Waals surface area contributed by atoms with Crippen LogP contribution < -0.4 is 14.4 Å². The molecule has 14 heteroatoms. The molecular weight excluding hydrogens is 772 g/mol. The van der Waals surface area contributed by atoms with Crippen molar-refractivity contribution in [3.05, 3.63) is 35.6 Å². The number of piperazine rings is 1. The van der Waals surface area contributed by atoms with Gasteiger partial charge in [0, 0.05) is 37.7 Å². The van der Waals surface area contributed by atoms with Crippen LogP contribution in [0.3, 0.4) is 0 Å². The molecule has 1 amide bonds. The van der Waals surface area contributed by atoms with Gasteiger partial charge in [-0.05, 0) is 93.3 Å². The molecule has 2 unspecified atom stereocenters. The van der Waals surface area contributed by atoms with Gasteiger partial charge in [0.2, 0.25) is 0 Å². The standard InChI is InChI=1S/C44H59FN6O5SSi/c1-26(2)58(27(3)4,28(5)6)20-19-34-35(45)18-15-29-21-33(54-25-53-10)22-36(37(29)34)55-42-47-39-38(51(42)30-13-12-14-30)40(48-41(46-39)57-11)49-23-31-16-17-32(24-49)50(31)43(52)56-44(7,8)9/h15,18,21-22,26-28,30-32H,12-14,16-17,23-25H2,1-11H3. The van der Waals surface area contributed by atoms with E-state index in [1.165, 1.54) is 17.8 Å². The average Bonchev–Trinajstić information content (AvgIpc) is 3.61. The smallest absolute Gasteiger partial charge is 0.410 e. The molecule has 0 spiro atoms. The van der Waals surface area contributed by atoms with Crippen molar-refractivity contribution in [2.75, 3.05) is 38.1 Å². The molecule has 2 aromatic heterocycles. The third-order valence-corrected chi connectivity index (χ3v) is 19.1. The lowest BCUT2D eigenvalue weighted by molar-refractivity contribution is 0.0122. The van der Waals surface area contributed by atoms with Gasteiger partial charge in [-0.1, -0.05) is 65.3 Å². The number of fused-ring (bicyclic) bond motifs is 4. The fourth-order valence-corrected chi connectivity index (χ4v) is 15.1. The number of rotatable bonds is 11. The van der Waals surface area contributed by atoms with Gasteiger partial charge in [0.05, 0.1) is 17.6 Å². The zero-order chi connectivity index (χ0) is 41.7. The number of anilines is 1. The number of hydrogen-bond donors (Lipinski definition) is 0. The molecule has 2 saturated heterocycles. The van der Waals surface area contributed by atoms with E-state index in [0.29, 0.717) is 69.0 Å². The number of imidazole rings is 1. The first-order valence-corrected chi connectivity index (χ1v) is 24.2. The minimum Gasteiger partial charge on any atom is -0.467 e. The Kier molecular flexibility index (Phi) is 12.0. The fraction of sp³-hybridized carbons (Fsp3) is 0.591. The van der Waals surface area contributed by atoms with Crippen LogP contribution in [0.2, 0.25) is 16.6 Å². The van der Waals surface area contributed by atoms with E-state index in [4.69, 9.17) is 33.9 Å². The summed E-state index contributed by atoms with van der Waals surface area (Å²) in [7, 11) is -0.649. The highest BCUT2D eigenvalue weighted by Gasteiger charge is 2.46. The maximum absolute atomic E-state index is 16.3. The Labute approximate surface area is 347 Å². The molecule has 2 atom stereocenters. The highest BCUT2D eigenvalue weighted by Crippen LogP contribution is 2.46. The van der Waals surface area contributed by atoms with Crippen molar-refractivity contribution in [3.63, 3.8) is 0 Å². The summed E-state index contributed by atoms with van der Waals surface area (Å²) >= 11 is 1.46. The SMILES string of the molecule is COCOc1cc(Oc2nc3nc(SC)nc(N4CC5CCC(C4)N5C(=O)OC(C)(C)C)c3n2C2CCC2)c2c(C#C[Si](C(C)C)(C(C)C)C(C)C)c(F)ccc2c1. The van der Waals surface area contributed by atoms with Crippen molar-refractivity contribution >= 4 is 53.7 Å². The number of hydrogen-bond acceptors (Lipinski definition) is 10. The number of aromatic nitrogens is 4. The molecule has 2 aliphatic heterocycles. The first-order chi connectivity index (χ1) is 27.6. The van der Waals surface area contributed by atoms with Gasteiger partial charge in [0.25, 0.3) is 0 Å². The van der Waals surface area contributed by atoms with E-state index in [9.17, 15) is 4.79 Å². The molecule has 3 aliphatic rings. The van der Waals surface area contributed by atoms with E-state index in [0.717, 1.165) is 48.8 Å². The summed E-state index contributed by atoms with van der Waals surface area (Å²) < 4.78 is 42.4. The summed E-state index contributed by atoms with van der Waals surface area (Å²) in [5.74, 6) is 4.69. The van der Waals surface area contributed by atoms with E-state index < -0.39 is 19.5 Å². The molecule has 4 heterocycles. The molecular formula is C44H59FN6O5SSi. The number of nitrogens with zero attached hydrogens (tertiary/aromatic N) is 6. The lowest BCUT2D eigenvalue weighted by Gasteiger charge is -2.42. The Balaban J connectivity index is 1.38. The Morgan fingerprint density at radius 3 is 2.21 bits per heavy atom. The molecule has 11 nitrogen and oxygen atoms in total. The molecule has 7 rings (SSSR count). The van der Waals surface area contributed by atoms with Crippen LogP contribution in [-0.2, 0) is 9.47 Å². The lowest BCUT2D eigenvalue weighted by atomic mass is 9.93. The van der Waals surface area contributed by atoms with Crippen LogP contribution in [0.1, 0.15) is 106 Å². The van der Waals surface area contributed by atoms with E-state index in [1.807, 2.05) is 38.0 Å². The van der Waals surface area contributed by atoms with Crippen molar-refractivity contribution < 1.29 is 28.1 Å². The third kappa shape index (κ3) is 7.86. The summed E-state index contributed by atoms with van der Waals surface area (Å²) in [6, 6.07) is 7.32. The zero-order valence-corrected chi connectivity index (χ0v) is 37.8. The molecule has 1 aliphatic carbocycles. The summed E-state index contributed by atoms with van der Waals surface area (Å²) in [5, 5.41) is 1.90. The van der Waals surface area contributed by atoms with Crippen LogP contribution in [0.5, 0.6) is 17.5 Å². The van der Waals surface area contributed by atoms with Gasteiger partial charge in [0.1, 0.15) is 36.5 Å². The molecule has 1 saturated carbocycles. The van der Waals surface area contributed by atoms with Crippen LogP contribution in [-0.4, -0.2) is 89.5 Å². The van der Waals surface area contributed by atoms with Crippen molar-refractivity contribution in [1.82, 2.24) is 24.4 Å². The number of thioether (sulfide) groups is 1.